The largest absolute Gasteiger partial charge is 0.444 e. The number of hydrogen-bond acceptors (Lipinski definition) is 6. The third kappa shape index (κ3) is 6.96. The second-order valence-corrected chi connectivity index (χ2v) is 14.0. The van der Waals surface area contributed by atoms with Crippen molar-refractivity contribution in [3.05, 3.63) is 76.9 Å². The lowest BCUT2D eigenvalue weighted by atomic mass is 9.91. The Hall–Kier alpha value is -3.79. The minimum absolute atomic E-state index is 0.000918. The first-order chi connectivity index (χ1) is 20.6. The number of ether oxygens (including phenoxy) is 1. The molecule has 0 radical (unpaired) electrons. The Bertz CT molecular complexity index is 1530. The number of amides is 2. The molecule has 2 aromatic heterocycles. The van der Waals surface area contributed by atoms with Crippen LogP contribution in [-0.4, -0.2) is 80.2 Å². The number of carbonyl (C=O) groups excluding carboxylic acids is 2. The van der Waals surface area contributed by atoms with Crippen molar-refractivity contribution in [1.29, 1.82) is 0 Å². The molecular weight excluding hydrogens is 559 g/mol. The quantitative estimate of drug-likeness (QED) is 0.382. The van der Waals surface area contributed by atoms with E-state index in [1.54, 1.807) is 17.0 Å². The Morgan fingerprint density at radius 3 is 2.43 bits per heavy atom. The summed E-state index contributed by atoms with van der Waals surface area (Å²) in [4.78, 5) is 42.6. The van der Waals surface area contributed by atoms with E-state index in [-0.39, 0.29) is 41.9 Å². The Labute approximate surface area is 260 Å². The highest BCUT2D eigenvalue weighted by atomic mass is 19.1. The Morgan fingerprint density at radius 2 is 1.80 bits per heavy atom. The van der Waals surface area contributed by atoms with E-state index >= 15 is 0 Å². The highest BCUT2D eigenvalue weighted by molar-refractivity contribution is 5.97. The standard InChI is InChI=1S/C34H45FN6O3/c1-22-16-38(24(3)37-22)18-28-19-40(32(43)44-33(4,5)6)23(2)17-39(28)20-30(42)41-21-34(7,8)31-29(41)14-26(15-36-31)13-25-9-11-27(35)12-10-25/h9-12,14-16,23,28H,13,17-21H2,1-8H3/t23-,28-/m1/s1. The van der Waals surface area contributed by atoms with Crippen molar-refractivity contribution < 1.29 is 18.7 Å². The first kappa shape index (κ1) is 31.6. The topological polar surface area (TPSA) is 83.8 Å². The fraction of sp³-hybridized carbons (Fsp3) is 0.529. The zero-order chi connectivity index (χ0) is 32.0. The smallest absolute Gasteiger partial charge is 0.410 e. The molecule has 0 spiro atoms. The molecule has 2 amide bonds. The van der Waals surface area contributed by atoms with Crippen LogP contribution in [0.5, 0.6) is 0 Å². The second kappa shape index (κ2) is 12.0. The van der Waals surface area contributed by atoms with Gasteiger partial charge in [0.1, 0.15) is 17.2 Å². The molecule has 10 heteroatoms. The lowest BCUT2D eigenvalue weighted by Gasteiger charge is -2.45. The molecule has 9 nitrogen and oxygen atoms in total. The van der Waals surface area contributed by atoms with E-state index in [4.69, 9.17) is 9.72 Å². The molecule has 236 valence electrons. The highest BCUT2D eigenvalue weighted by Gasteiger charge is 2.42. The van der Waals surface area contributed by atoms with Gasteiger partial charge in [-0.2, -0.15) is 0 Å². The average Bonchev–Trinajstić information content (AvgIpc) is 3.38. The van der Waals surface area contributed by atoms with Crippen LogP contribution >= 0.6 is 0 Å². The summed E-state index contributed by atoms with van der Waals surface area (Å²) in [6.45, 7) is 18.1. The number of fused-ring (bicyclic) bond motifs is 1. The first-order valence-electron chi connectivity index (χ1n) is 15.4. The number of hydrogen-bond donors (Lipinski definition) is 0. The van der Waals surface area contributed by atoms with Gasteiger partial charge in [-0.05, 0) is 77.3 Å². The molecule has 1 aromatic carbocycles. The predicted molar refractivity (Wildman–Crippen MR) is 168 cm³/mol. The summed E-state index contributed by atoms with van der Waals surface area (Å²) in [5.41, 5.74) is 3.71. The van der Waals surface area contributed by atoms with Crippen molar-refractivity contribution in [2.45, 2.75) is 91.5 Å². The summed E-state index contributed by atoms with van der Waals surface area (Å²) in [6.07, 6.45) is 4.13. The molecule has 2 aliphatic rings. The average molecular weight is 605 g/mol. The molecule has 0 N–H and O–H groups in total. The lowest BCUT2D eigenvalue weighted by molar-refractivity contribution is -0.121. The van der Waals surface area contributed by atoms with Gasteiger partial charge in [-0.15, -0.1) is 0 Å². The number of nitrogens with zero attached hydrogens (tertiary/aromatic N) is 6. The highest BCUT2D eigenvalue weighted by Crippen LogP contribution is 2.40. The van der Waals surface area contributed by atoms with E-state index in [1.165, 1.54) is 12.1 Å². The van der Waals surface area contributed by atoms with Crippen LogP contribution in [0.25, 0.3) is 0 Å². The SMILES string of the molecule is Cc1cn(C[C@@H]2CN(C(=O)OC(C)(C)C)[C@H](C)CN2CC(=O)N2CC(C)(C)c3ncc(Cc4ccc(F)cc4)cc32)c(C)n1. The number of pyridine rings is 1. The molecule has 2 aliphatic heterocycles. The summed E-state index contributed by atoms with van der Waals surface area (Å²) < 4.78 is 21.3. The maximum Gasteiger partial charge on any atom is 0.410 e. The number of piperazine rings is 1. The second-order valence-electron chi connectivity index (χ2n) is 14.0. The van der Waals surface area contributed by atoms with E-state index < -0.39 is 5.60 Å². The summed E-state index contributed by atoms with van der Waals surface area (Å²) in [5.74, 6) is 0.627. The molecule has 0 saturated carbocycles. The fourth-order valence-corrected chi connectivity index (χ4v) is 6.32. The molecule has 5 rings (SSSR count). The van der Waals surface area contributed by atoms with E-state index in [0.717, 1.165) is 34.0 Å². The monoisotopic (exact) mass is 604 g/mol. The third-order valence-electron chi connectivity index (χ3n) is 8.46. The Balaban J connectivity index is 1.38. The summed E-state index contributed by atoms with van der Waals surface area (Å²) >= 11 is 0. The summed E-state index contributed by atoms with van der Waals surface area (Å²) in [5, 5.41) is 0. The van der Waals surface area contributed by atoms with Gasteiger partial charge in [0.2, 0.25) is 5.91 Å². The van der Waals surface area contributed by atoms with E-state index in [9.17, 15) is 14.0 Å². The van der Waals surface area contributed by atoms with Gasteiger partial charge < -0.3 is 19.1 Å². The van der Waals surface area contributed by atoms with Gasteiger partial charge in [-0.3, -0.25) is 14.7 Å². The van der Waals surface area contributed by atoms with Gasteiger partial charge in [0.05, 0.1) is 23.6 Å². The molecule has 44 heavy (non-hydrogen) atoms. The minimum atomic E-state index is -0.600. The molecule has 0 unspecified atom stereocenters. The first-order valence-corrected chi connectivity index (χ1v) is 15.4. The summed E-state index contributed by atoms with van der Waals surface area (Å²) in [6, 6.07) is 8.27. The van der Waals surface area contributed by atoms with Crippen LogP contribution in [0.3, 0.4) is 0 Å². The van der Waals surface area contributed by atoms with Gasteiger partial charge in [0, 0.05) is 56.1 Å². The molecule has 4 heterocycles. The van der Waals surface area contributed by atoms with Gasteiger partial charge in [0.25, 0.3) is 0 Å². The third-order valence-corrected chi connectivity index (χ3v) is 8.46. The minimum Gasteiger partial charge on any atom is -0.444 e. The normalized spacial score (nSPS) is 20.1. The number of benzene rings is 1. The molecule has 2 atom stereocenters. The predicted octanol–water partition coefficient (Wildman–Crippen LogP) is 5.26. The van der Waals surface area contributed by atoms with Crippen molar-refractivity contribution in [1.82, 2.24) is 24.3 Å². The number of rotatable bonds is 6. The van der Waals surface area contributed by atoms with Crippen molar-refractivity contribution in [2.75, 3.05) is 31.1 Å². The zero-order valence-electron chi connectivity index (χ0n) is 27.2. The number of aryl methyl sites for hydroxylation is 2. The van der Waals surface area contributed by atoms with Crippen molar-refractivity contribution in [3.8, 4) is 0 Å². The lowest BCUT2D eigenvalue weighted by Crippen LogP contribution is -2.62. The molecular formula is C34H45FN6O3. The van der Waals surface area contributed by atoms with Gasteiger partial charge in [-0.25, -0.2) is 14.2 Å². The number of carbonyl (C=O) groups is 2. The van der Waals surface area contributed by atoms with Gasteiger partial charge >= 0.3 is 6.09 Å². The number of aromatic nitrogens is 3. The van der Waals surface area contributed by atoms with Gasteiger partial charge in [-0.1, -0.05) is 26.0 Å². The molecule has 3 aromatic rings. The van der Waals surface area contributed by atoms with Crippen LogP contribution < -0.4 is 4.90 Å². The van der Waals surface area contributed by atoms with Crippen LogP contribution in [0, 0.1) is 19.7 Å². The van der Waals surface area contributed by atoms with Crippen LogP contribution in [-0.2, 0) is 27.9 Å². The van der Waals surface area contributed by atoms with Crippen molar-refractivity contribution in [3.63, 3.8) is 0 Å². The van der Waals surface area contributed by atoms with Crippen LogP contribution in [0.2, 0.25) is 0 Å². The van der Waals surface area contributed by atoms with Gasteiger partial charge in [0.15, 0.2) is 0 Å². The van der Waals surface area contributed by atoms with Crippen molar-refractivity contribution in [2.24, 2.45) is 0 Å². The molecule has 0 bridgehead atoms. The maximum atomic E-state index is 14.1. The van der Waals surface area contributed by atoms with E-state index in [2.05, 4.69) is 34.4 Å². The molecule has 1 fully saturated rings. The maximum absolute atomic E-state index is 14.1. The van der Waals surface area contributed by atoms with Crippen LogP contribution in [0.4, 0.5) is 14.9 Å². The zero-order valence-corrected chi connectivity index (χ0v) is 27.2. The number of halogens is 1. The Morgan fingerprint density at radius 1 is 1.09 bits per heavy atom. The Kier molecular flexibility index (Phi) is 8.59. The number of imidazole rings is 1. The van der Waals surface area contributed by atoms with E-state index in [1.807, 2.05) is 58.8 Å². The summed E-state index contributed by atoms with van der Waals surface area (Å²) in [7, 11) is 0. The fourth-order valence-electron chi connectivity index (χ4n) is 6.32. The van der Waals surface area contributed by atoms with Crippen LogP contribution in [0.1, 0.15) is 69.9 Å². The van der Waals surface area contributed by atoms with Crippen LogP contribution in [0.15, 0.2) is 42.7 Å². The number of anilines is 1. The molecule has 1 saturated heterocycles. The van der Waals surface area contributed by atoms with Crippen molar-refractivity contribution >= 4 is 17.7 Å². The molecule has 0 aliphatic carbocycles. The van der Waals surface area contributed by atoms with E-state index in [0.29, 0.717) is 32.6 Å².